The summed E-state index contributed by atoms with van der Waals surface area (Å²) in [4.78, 5) is 35.4. The maximum Gasteiger partial charge on any atom is 0.310 e. The molecule has 1 aromatic heterocycles. The van der Waals surface area contributed by atoms with Gasteiger partial charge in [0.25, 0.3) is 5.91 Å². The van der Waals surface area contributed by atoms with Crippen molar-refractivity contribution in [3.05, 3.63) is 53.2 Å². The summed E-state index contributed by atoms with van der Waals surface area (Å²) < 4.78 is 43.9. The van der Waals surface area contributed by atoms with Crippen LogP contribution in [0.4, 0.5) is 8.78 Å². The number of likely N-dealkylation sites (tertiary alicyclic amines) is 1. The fraction of sp³-hybridized carbons (Fsp3) is 0.577. The summed E-state index contributed by atoms with van der Waals surface area (Å²) in [6.45, 7) is 7.68. The molecule has 2 fully saturated rings. The highest BCUT2D eigenvalue weighted by molar-refractivity contribution is 5.92. The van der Waals surface area contributed by atoms with Gasteiger partial charge in [-0.3, -0.25) is 19.4 Å². The summed E-state index contributed by atoms with van der Waals surface area (Å²) >= 11 is 0. The van der Waals surface area contributed by atoms with Crippen LogP contribution in [0.1, 0.15) is 41.7 Å². The number of rotatable bonds is 10. The molecule has 0 N–H and O–H groups in total. The number of hydrogen-bond donors (Lipinski definition) is 0. The minimum Gasteiger partial charge on any atom is -0.466 e. The van der Waals surface area contributed by atoms with E-state index in [1.807, 2.05) is 4.90 Å². The number of piperidine rings is 1. The van der Waals surface area contributed by atoms with Crippen LogP contribution >= 0.6 is 0 Å². The zero-order chi connectivity index (χ0) is 26.2. The van der Waals surface area contributed by atoms with Gasteiger partial charge in [-0.1, -0.05) is 6.07 Å². The van der Waals surface area contributed by atoms with Crippen LogP contribution in [-0.4, -0.2) is 90.6 Å². The second kappa shape index (κ2) is 13.1. The summed E-state index contributed by atoms with van der Waals surface area (Å²) in [5.74, 6) is -1.84. The Morgan fingerprint density at radius 3 is 2.76 bits per heavy atom. The number of amides is 1. The first-order valence-corrected chi connectivity index (χ1v) is 12.8. The van der Waals surface area contributed by atoms with Crippen molar-refractivity contribution in [3.8, 4) is 0 Å². The third-order valence-corrected chi connectivity index (χ3v) is 6.70. The Kier molecular flexibility index (Phi) is 9.59. The van der Waals surface area contributed by atoms with E-state index >= 15 is 0 Å². The van der Waals surface area contributed by atoms with E-state index in [-0.39, 0.29) is 43.1 Å². The van der Waals surface area contributed by atoms with Gasteiger partial charge in [0, 0.05) is 57.4 Å². The predicted octanol–water partition coefficient (Wildman–Crippen LogP) is 2.70. The molecule has 1 aromatic carbocycles. The predicted molar refractivity (Wildman–Crippen MR) is 129 cm³/mol. The third kappa shape index (κ3) is 7.56. The number of halogens is 2. The van der Waals surface area contributed by atoms with Gasteiger partial charge >= 0.3 is 5.97 Å². The molecule has 1 atom stereocenters. The van der Waals surface area contributed by atoms with E-state index in [9.17, 15) is 18.4 Å². The summed E-state index contributed by atoms with van der Waals surface area (Å²) in [6.07, 6.45) is 2.72. The number of carbonyl (C=O) groups excluding carboxylic acids is 2. The van der Waals surface area contributed by atoms with E-state index in [1.54, 1.807) is 11.8 Å². The normalized spacial score (nSPS) is 18.8. The highest BCUT2D eigenvalue weighted by atomic mass is 19.1. The molecule has 1 amide bonds. The monoisotopic (exact) mass is 520 g/mol. The van der Waals surface area contributed by atoms with Crippen LogP contribution in [0.2, 0.25) is 0 Å². The number of esters is 1. The van der Waals surface area contributed by atoms with Gasteiger partial charge in [0.2, 0.25) is 5.89 Å². The smallest absolute Gasteiger partial charge is 0.310 e. The van der Waals surface area contributed by atoms with Gasteiger partial charge in [-0.25, -0.2) is 13.8 Å². The van der Waals surface area contributed by atoms with Gasteiger partial charge in [0.1, 0.15) is 17.9 Å². The van der Waals surface area contributed by atoms with Crippen molar-refractivity contribution < 1.29 is 32.3 Å². The van der Waals surface area contributed by atoms with Gasteiger partial charge < -0.3 is 18.8 Å². The number of carbonyl (C=O) groups is 2. The largest absolute Gasteiger partial charge is 0.466 e. The molecule has 2 aromatic rings. The number of nitrogens with zero attached hydrogens (tertiary/aromatic N) is 4. The molecular formula is C26H34F2N4O5. The minimum atomic E-state index is -0.625. The molecule has 0 spiro atoms. The van der Waals surface area contributed by atoms with Crippen molar-refractivity contribution in [2.45, 2.75) is 32.9 Å². The summed E-state index contributed by atoms with van der Waals surface area (Å²) in [7, 11) is 0. The molecule has 0 unspecified atom stereocenters. The number of benzene rings is 1. The van der Waals surface area contributed by atoms with E-state index in [0.717, 1.165) is 25.7 Å². The number of oxazole rings is 1. The first kappa shape index (κ1) is 27.2. The van der Waals surface area contributed by atoms with Crippen molar-refractivity contribution in [1.82, 2.24) is 19.7 Å². The Morgan fingerprint density at radius 1 is 1.19 bits per heavy atom. The first-order chi connectivity index (χ1) is 17.9. The molecule has 2 saturated heterocycles. The lowest BCUT2D eigenvalue weighted by molar-refractivity contribution is -0.149. The number of morpholine rings is 1. The van der Waals surface area contributed by atoms with Gasteiger partial charge in [-0.2, -0.15) is 0 Å². The highest BCUT2D eigenvalue weighted by Gasteiger charge is 2.31. The Bertz CT molecular complexity index is 1060. The zero-order valence-corrected chi connectivity index (χ0v) is 21.2. The van der Waals surface area contributed by atoms with Crippen LogP contribution in [0.5, 0.6) is 0 Å². The minimum absolute atomic E-state index is 0.167. The van der Waals surface area contributed by atoms with E-state index in [0.29, 0.717) is 57.2 Å². The van der Waals surface area contributed by atoms with Crippen LogP contribution in [0.25, 0.3) is 0 Å². The van der Waals surface area contributed by atoms with Crippen molar-refractivity contribution in [3.63, 3.8) is 0 Å². The molecule has 2 aliphatic heterocycles. The van der Waals surface area contributed by atoms with Crippen molar-refractivity contribution in [2.24, 2.45) is 5.92 Å². The molecule has 0 aliphatic carbocycles. The van der Waals surface area contributed by atoms with Gasteiger partial charge in [-0.05, 0) is 25.8 Å². The maximum absolute atomic E-state index is 14.4. The van der Waals surface area contributed by atoms with Crippen molar-refractivity contribution in [1.29, 1.82) is 0 Å². The van der Waals surface area contributed by atoms with Crippen LogP contribution < -0.4 is 0 Å². The van der Waals surface area contributed by atoms with Crippen LogP contribution in [0, 0.1) is 17.6 Å². The molecule has 3 heterocycles. The van der Waals surface area contributed by atoms with Crippen LogP contribution in [-0.2, 0) is 27.4 Å². The Balaban J connectivity index is 1.41. The number of ether oxygens (including phenoxy) is 2. The molecule has 37 heavy (non-hydrogen) atoms. The van der Waals surface area contributed by atoms with Crippen LogP contribution in [0.3, 0.4) is 0 Å². The maximum atomic E-state index is 14.4. The van der Waals surface area contributed by atoms with Gasteiger partial charge in [0.15, 0.2) is 5.69 Å². The molecule has 0 saturated carbocycles. The van der Waals surface area contributed by atoms with Crippen LogP contribution in [0.15, 0.2) is 28.9 Å². The fourth-order valence-electron chi connectivity index (χ4n) is 4.66. The van der Waals surface area contributed by atoms with E-state index in [2.05, 4.69) is 9.88 Å². The third-order valence-electron chi connectivity index (χ3n) is 6.70. The molecule has 2 aliphatic rings. The average Bonchev–Trinajstić information content (AvgIpc) is 3.37. The number of aromatic nitrogens is 1. The quantitative estimate of drug-likeness (QED) is 0.442. The second-order valence-corrected chi connectivity index (χ2v) is 9.37. The van der Waals surface area contributed by atoms with E-state index in [4.69, 9.17) is 13.9 Å². The Labute approximate surface area is 215 Å². The average molecular weight is 521 g/mol. The summed E-state index contributed by atoms with van der Waals surface area (Å²) in [6, 6.07) is 3.55. The summed E-state index contributed by atoms with van der Waals surface area (Å²) in [5.41, 5.74) is 0.533. The topological polar surface area (TPSA) is 88.4 Å². The highest BCUT2D eigenvalue weighted by Crippen LogP contribution is 2.21. The SMILES string of the molecule is CCOC(=O)[C@@H]1CCCN(C(=O)c2coc(CN(CCN3CCOCC3)Cc3ccc(F)cc3F)n2)C1. The lowest BCUT2D eigenvalue weighted by Gasteiger charge is -2.30. The van der Waals surface area contributed by atoms with Gasteiger partial charge in [0.05, 0.1) is 32.3 Å². The molecule has 0 bridgehead atoms. The lowest BCUT2D eigenvalue weighted by Crippen LogP contribution is -2.43. The first-order valence-electron chi connectivity index (χ1n) is 12.8. The Hall–Kier alpha value is -2.89. The standard InChI is InChI=1S/C26H34F2N4O5/c1-2-36-26(34)20-4-3-7-32(16-20)25(33)23-18-37-24(29-23)17-31(9-8-30-10-12-35-13-11-30)15-19-5-6-21(27)14-22(19)28/h5-6,14,18,20H,2-4,7-13,15-17H2,1H3/t20-/m1/s1. The number of hydrogen-bond acceptors (Lipinski definition) is 8. The molecule has 4 rings (SSSR count). The molecule has 202 valence electrons. The Morgan fingerprint density at radius 2 is 2.00 bits per heavy atom. The second-order valence-electron chi connectivity index (χ2n) is 9.37. The van der Waals surface area contributed by atoms with E-state index < -0.39 is 11.6 Å². The zero-order valence-electron chi connectivity index (χ0n) is 21.2. The van der Waals surface area contributed by atoms with Crippen molar-refractivity contribution in [2.75, 3.05) is 59.1 Å². The molecular weight excluding hydrogens is 486 g/mol. The molecule has 11 heteroatoms. The fourth-order valence-corrected chi connectivity index (χ4v) is 4.66. The van der Waals surface area contributed by atoms with Crippen molar-refractivity contribution >= 4 is 11.9 Å². The summed E-state index contributed by atoms with van der Waals surface area (Å²) in [5, 5.41) is 0. The molecule has 9 nitrogen and oxygen atoms in total. The van der Waals surface area contributed by atoms with Gasteiger partial charge in [-0.15, -0.1) is 0 Å². The lowest BCUT2D eigenvalue weighted by atomic mass is 9.98. The molecule has 0 radical (unpaired) electrons. The van der Waals surface area contributed by atoms with E-state index in [1.165, 1.54) is 18.4 Å².